The molecule has 0 radical (unpaired) electrons. The fourth-order valence-electron chi connectivity index (χ4n) is 3.85. The highest BCUT2D eigenvalue weighted by Gasteiger charge is 2.17. The molecule has 5 rings (SSSR count). The third kappa shape index (κ3) is 3.46. The van der Waals surface area contributed by atoms with Crippen LogP contribution < -0.4 is 9.47 Å². The van der Waals surface area contributed by atoms with E-state index in [9.17, 15) is 5.11 Å². The van der Waals surface area contributed by atoms with Gasteiger partial charge < -0.3 is 14.6 Å². The SMILES string of the molecule is Cc1nn(CCO)c2c1/C=C/c1[nH]nc3ccc(cc13)-c1cnn(C)c1OCCCO2. The van der Waals surface area contributed by atoms with Crippen LogP contribution in [0.1, 0.15) is 23.4 Å². The molecule has 1 aliphatic rings. The third-order valence-electron chi connectivity index (χ3n) is 5.40. The van der Waals surface area contributed by atoms with E-state index in [-0.39, 0.29) is 6.61 Å². The van der Waals surface area contributed by atoms with Crippen molar-refractivity contribution in [1.29, 1.82) is 0 Å². The summed E-state index contributed by atoms with van der Waals surface area (Å²) < 4.78 is 15.6. The molecule has 4 heterocycles. The average molecular weight is 420 g/mol. The summed E-state index contributed by atoms with van der Waals surface area (Å²) in [4.78, 5) is 0. The number of aliphatic hydroxyl groups is 1. The summed E-state index contributed by atoms with van der Waals surface area (Å²) in [5.41, 5.74) is 5.44. The van der Waals surface area contributed by atoms with Crippen LogP contribution in [-0.2, 0) is 13.6 Å². The molecule has 9 heteroatoms. The Labute approximate surface area is 178 Å². The standard InChI is InChI=1S/C22H24N6O3/c1-14-16-5-7-20-17-12-15(4-6-19(17)24-25-20)18-13-23-27(2)21(18)30-10-3-11-31-22(16)28(26-14)8-9-29/h4-7,12-13,29H,3,8-11H2,1-2H3,(H,24,25)/b7-5+. The number of aromatic amines is 1. The number of nitrogens with one attached hydrogen (secondary N) is 1. The Kier molecular flexibility index (Phi) is 4.95. The van der Waals surface area contributed by atoms with Crippen molar-refractivity contribution in [1.82, 2.24) is 29.8 Å². The van der Waals surface area contributed by atoms with E-state index in [4.69, 9.17) is 9.47 Å². The largest absolute Gasteiger partial charge is 0.477 e. The molecule has 1 aromatic carbocycles. The Morgan fingerprint density at radius 2 is 2.00 bits per heavy atom. The summed E-state index contributed by atoms with van der Waals surface area (Å²) in [7, 11) is 1.87. The summed E-state index contributed by atoms with van der Waals surface area (Å²) in [6, 6.07) is 6.12. The van der Waals surface area contributed by atoms with Gasteiger partial charge in [-0.15, -0.1) is 0 Å². The van der Waals surface area contributed by atoms with Gasteiger partial charge in [0, 0.05) is 18.9 Å². The van der Waals surface area contributed by atoms with E-state index in [2.05, 4.69) is 26.5 Å². The first-order valence-corrected chi connectivity index (χ1v) is 10.3. The topological polar surface area (TPSA) is 103 Å². The number of hydrogen-bond donors (Lipinski definition) is 2. The van der Waals surface area contributed by atoms with Crippen LogP contribution in [0.3, 0.4) is 0 Å². The number of fused-ring (bicyclic) bond motifs is 4. The Bertz CT molecular complexity index is 1270. The highest BCUT2D eigenvalue weighted by Crippen LogP contribution is 2.33. The lowest BCUT2D eigenvalue weighted by Gasteiger charge is -2.11. The van der Waals surface area contributed by atoms with E-state index < -0.39 is 0 Å². The van der Waals surface area contributed by atoms with Crippen molar-refractivity contribution in [3.8, 4) is 22.9 Å². The molecule has 9 nitrogen and oxygen atoms in total. The summed E-state index contributed by atoms with van der Waals surface area (Å²) in [5, 5.41) is 26.9. The van der Waals surface area contributed by atoms with E-state index in [1.807, 2.05) is 44.5 Å². The molecule has 0 spiro atoms. The van der Waals surface area contributed by atoms with Gasteiger partial charge in [-0.05, 0) is 36.8 Å². The molecule has 160 valence electrons. The maximum atomic E-state index is 9.41. The Balaban J connectivity index is 1.64. The zero-order valence-electron chi connectivity index (χ0n) is 17.5. The van der Waals surface area contributed by atoms with Crippen molar-refractivity contribution in [3.63, 3.8) is 0 Å². The molecule has 0 amide bonds. The van der Waals surface area contributed by atoms with Gasteiger partial charge in [0.1, 0.15) is 0 Å². The van der Waals surface area contributed by atoms with Crippen molar-refractivity contribution in [2.75, 3.05) is 19.8 Å². The second kappa shape index (κ2) is 7.92. The highest BCUT2D eigenvalue weighted by molar-refractivity contribution is 5.93. The van der Waals surface area contributed by atoms with Crippen LogP contribution in [0.2, 0.25) is 0 Å². The zero-order valence-corrected chi connectivity index (χ0v) is 17.5. The Hall–Kier alpha value is -3.59. The summed E-state index contributed by atoms with van der Waals surface area (Å²) >= 11 is 0. The summed E-state index contributed by atoms with van der Waals surface area (Å²) in [6.07, 6.45) is 6.48. The Morgan fingerprint density at radius 3 is 2.84 bits per heavy atom. The van der Waals surface area contributed by atoms with Crippen molar-refractivity contribution >= 4 is 23.1 Å². The van der Waals surface area contributed by atoms with Gasteiger partial charge in [-0.3, -0.25) is 5.10 Å². The number of hydrogen-bond acceptors (Lipinski definition) is 6. The zero-order chi connectivity index (χ0) is 21.4. The number of H-pyrrole nitrogens is 1. The van der Waals surface area contributed by atoms with E-state index in [1.165, 1.54) is 0 Å². The van der Waals surface area contributed by atoms with Crippen LogP contribution in [-0.4, -0.2) is 54.7 Å². The minimum atomic E-state index is -0.0129. The molecular weight excluding hydrogens is 396 g/mol. The number of aryl methyl sites for hydroxylation is 2. The molecule has 0 saturated carbocycles. The van der Waals surface area contributed by atoms with Crippen LogP contribution in [0, 0.1) is 6.92 Å². The van der Waals surface area contributed by atoms with E-state index in [1.54, 1.807) is 9.36 Å². The number of benzene rings is 1. The van der Waals surface area contributed by atoms with Gasteiger partial charge in [0.2, 0.25) is 11.8 Å². The number of nitrogens with zero attached hydrogens (tertiary/aromatic N) is 5. The van der Waals surface area contributed by atoms with E-state index in [0.717, 1.165) is 44.9 Å². The number of rotatable bonds is 2. The first-order chi connectivity index (χ1) is 15.2. The van der Waals surface area contributed by atoms with Gasteiger partial charge in [-0.2, -0.15) is 15.3 Å². The van der Waals surface area contributed by atoms with Gasteiger partial charge in [0.25, 0.3) is 0 Å². The molecule has 2 bridgehead atoms. The minimum absolute atomic E-state index is 0.0129. The van der Waals surface area contributed by atoms with E-state index in [0.29, 0.717) is 32.1 Å². The third-order valence-corrected chi connectivity index (χ3v) is 5.40. The molecule has 0 aliphatic carbocycles. The fourth-order valence-corrected chi connectivity index (χ4v) is 3.85. The quantitative estimate of drug-likeness (QED) is 0.517. The molecule has 0 unspecified atom stereocenters. The van der Waals surface area contributed by atoms with Crippen molar-refractivity contribution in [2.45, 2.75) is 19.9 Å². The van der Waals surface area contributed by atoms with Crippen LogP contribution in [0.15, 0.2) is 24.4 Å². The van der Waals surface area contributed by atoms with Crippen LogP contribution in [0.4, 0.5) is 0 Å². The number of aliphatic hydroxyl groups excluding tert-OH is 1. The maximum Gasteiger partial charge on any atom is 0.219 e. The molecule has 0 saturated heterocycles. The normalized spacial score (nSPS) is 14.9. The summed E-state index contributed by atoms with van der Waals surface area (Å²) in [6.45, 7) is 3.25. The molecule has 0 fully saturated rings. The van der Waals surface area contributed by atoms with Gasteiger partial charge in [-0.25, -0.2) is 9.36 Å². The monoisotopic (exact) mass is 420 g/mol. The second-order valence-electron chi connectivity index (χ2n) is 7.49. The van der Waals surface area contributed by atoms with Gasteiger partial charge >= 0.3 is 0 Å². The molecular formula is C22H24N6O3. The van der Waals surface area contributed by atoms with Gasteiger partial charge in [-0.1, -0.05) is 6.07 Å². The first-order valence-electron chi connectivity index (χ1n) is 10.3. The smallest absolute Gasteiger partial charge is 0.219 e. The lowest BCUT2D eigenvalue weighted by Crippen LogP contribution is -2.11. The second-order valence-corrected chi connectivity index (χ2v) is 7.49. The minimum Gasteiger partial charge on any atom is -0.477 e. The lowest BCUT2D eigenvalue weighted by atomic mass is 10.1. The number of ether oxygens (including phenoxy) is 2. The van der Waals surface area contributed by atoms with Crippen molar-refractivity contribution in [2.24, 2.45) is 7.05 Å². The van der Waals surface area contributed by atoms with Crippen LogP contribution >= 0.6 is 0 Å². The maximum absolute atomic E-state index is 9.41. The summed E-state index contributed by atoms with van der Waals surface area (Å²) in [5.74, 6) is 1.36. The molecule has 2 N–H and O–H groups in total. The molecule has 3 aromatic heterocycles. The van der Waals surface area contributed by atoms with Gasteiger partial charge in [0.05, 0.1) is 60.6 Å². The molecule has 0 atom stereocenters. The molecule has 1 aliphatic heterocycles. The van der Waals surface area contributed by atoms with Gasteiger partial charge in [0.15, 0.2) is 0 Å². The average Bonchev–Trinajstić information content (AvgIpc) is 3.42. The van der Waals surface area contributed by atoms with Crippen LogP contribution in [0.25, 0.3) is 34.2 Å². The lowest BCUT2D eigenvalue weighted by molar-refractivity contribution is 0.214. The molecule has 31 heavy (non-hydrogen) atoms. The van der Waals surface area contributed by atoms with Crippen LogP contribution in [0.5, 0.6) is 11.8 Å². The van der Waals surface area contributed by atoms with E-state index >= 15 is 0 Å². The first kappa shape index (κ1) is 19.4. The Morgan fingerprint density at radius 1 is 1.16 bits per heavy atom. The highest BCUT2D eigenvalue weighted by atomic mass is 16.5. The molecule has 4 aromatic rings. The predicted molar refractivity (Wildman–Crippen MR) is 117 cm³/mol. The van der Waals surface area contributed by atoms with Crippen molar-refractivity contribution in [3.05, 3.63) is 41.3 Å². The fraction of sp³-hybridized carbons (Fsp3) is 0.318. The van der Waals surface area contributed by atoms with Crippen molar-refractivity contribution < 1.29 is 14.6 Å². The number of aromatic nitrogens is 6. The predicted octanol–water partition coefficient (Wildman–Crippen LogP) is 2.79.